The molecule has 2 rings (SSSR count). The summed E-state index contributed by atoms with van der Waals surface area (Å²) in [5, 5.41) is 3.52. The van der Waals surface area contributed by atoms with Crippen molar-refractivity contribution in [2.45, 2.75) is 44.6 Å². The van der Waals surface area contributed by atoms with E-state index in [9.17, 15) is 0 Å². The van der Waals surface area contributed by atoms with Crippen molar-refractivity contribution in [2.24, 2.45) is 5.92 Å². The molecule has 1 atom stereocenters. The minimum Gasteiger partial charge on any atom is -0.493 e. The van der Waals surface area contributed by atoms with Gasteiger partial charge in [-0.3, -0.25) is 0 Å². The van der Waals surface area contributed by atoms with Crippen LogP contribution in [-0.2, 0) is 0 Å². The third kappa shape index (κ3) is 3.92. The molecule has 0 saturated heterocycles. The van der Waals surface area contributed by atoms with Crippen LogP contribution in [0.25, 0.3) is 0 Å². The van der Waals surface area contributed by atoms with Crippen LogP contribution in [-0.4, -0.2) is 21.3 Å². The molecule has 1 aliphatic carbocycles. The summed E-state index contributed by atoms with van der Waals surface area (Å²) in [5.74, 6) is 2.25. The Bertz CT molecular complexity index is 456. The topological polar surface area (TPSA) is 30.5 Å². The van der Waals surface area contributed by atoms with Crippen molar-refractivity contribution in [2.75, 3.05) is 21.3 Å². The monoisotopic (exact) mass is 355 g/mol. The van der Waals surface area contributed by atoms with Gasteiger partial charge in [-0.25, -0.2) is 0 Å². The molecule has 0 spiro atoms. The van der Waals surface area contributed by atoms with Gasteiger partial charge in [0.2, 0.25) is 0 Å². The summed E-state index contributed by atoms with van der Waals surface area (Å²) in [4.78, 5) is 0. The van der Waals surface area contributed by atoms with Crippen LogP contribution in [0, 0.1) is 5.92 Å². The maximum absolute atomic E-state index is 5.46. The Morgan fingerprint density at radius 3 is 2.14 bits per heavy atom. The number of methoxy groups -OCH3 is 2. The highest BCUT2D eigenvalue weighted by molar-refractivity contribution is 9.10. The Kier molecular flexibility index (Phi) is 6.37. The van der Waals surface area contributed by atoms with Crippen LogP contribution >= 0.6 is 15.9 Å². The lowest BCUT2D eigenvalue weighted by atomic mass is 9.87. The Balaban J connectivity index is 2.32. The van der Waals surface area contributed by atoms with Crippen molar-refractivity contribution in [1.82, 2.24) is 5.32 Å². The summed E-state index contributed by atoms with van der Waals surface area (Å²) >= 11 is 3.70. The zero-order chi connectivity index (χ0) is 15.2. The Labute approximate surface area is 136 Å². The lowest BCUT2D eigenvalue weighted by molar-refractivity contribution is 0.333. The zero-order valence-electron chi connectivity index (χ0n) is 13.2. The second kappa shape index (κ2) is 8.04. The highest BCUT2D eigenvalue weighted by atomic mass is 79.9. The molecule has 1 aliphatic rings. The number of ether oxygens (including phenoxy) is 2. The Morgan fingerprint density at radius 1 is 1.05 bits per heavy atom. The molecular formula is C17H26BrNO2. The lowest BCUT2D eigenvalue weighted by Gasteiger charge is -2.28. The molecular weight excluding hydrogens is 330 g/mol. The first-order chi connectivity index (χ1) is 10.2. The molecule has 0 aromatic heterocycles. The molecule has 21 heavy (non-hydrogen) atoms. The summed E-state index contributed by atoms with van der Waals surface area (Å²) < 4.78 is 11.9. The summed E-state index contributed by atoms with van der Waals surface area (Å²) in [6, 6.07) is 4.47. The van der Waals surface area contributed by atoms with Crippen molar-refractivity contribution in [3.63, 3.8) is 0 Å². The van der Waals surface area contributed by atoms with Gasteiger partial charge in [0.25, 0.3) is 0 Å². The molecule has 0 amide bonds. The predicted octanol–water partition coefficient (Wildman–Crippen LogP) is 4.70. The fraction of sp³-hybridized carbons (Fsp3) is 0.647. The van der Waals surface area contributed by atoms with E-state index in [1.54, 1.807) is 14.2 Å². The second-order valence-electron chi connectivity index (χ2n) is 5.75. The minimum absolute atomic E-state index is 0.359. The van der Waals surface area contributed by atoms with Gasteiger partial charge in [-0.2, -0.15) is 0 Å². The maximum atomic E-state index is 5.46. The van der Waals surface area contributed by atoms with Gasteiger partial charge in [0.05, 0.1) is 14.2 Å². The third-order valence-electron chi connectivity index (χ3n) is 4.52. The normalized spacial score (nSPS) is 18.1. The first-order valence-electron chi connectivity index (χ1n) is 7.80. The number of rotatable bonds is 5. The van der Waals surface area contributed by atoms with Crippen molar-refractivity contribution in [3.8, 4) is 11.5 Å². The minimum atomic E-state index is 0.359. The second-order valence-corrected chi connectivity index (χ2v) is 6.60. The molecule has 1 unspecified atom stereocenters. The first kappa shape index (κ1) is 16.6. The maximum Gasteiger partial charge on any atom is 0.161 e. The standard InChI is InChI=1S/C17H26BrNO2/c1-19-17(12-8-6-4-5-7-9-12)13-10-15(20-2)16(21-3)11-14(13)18/h10-12,17,19H,4-9H2,1-3H3. The van der Waals surface area contributed by atoms with Crippen LogP contribution in [0.1, 0.15) is 50.1 Å². The fourth-order valence-electron chi connectivity index (χ4n) is 3.40. The number of hydrogen-bond donors (Lipinski definition) is 1. The number of benzene rings is 1. The lowest BCUT2D eigenvalue weighted by Crippen LogP contribution is -2.25. The fourth-order valence-corrected chi connectivity index (χ4v) is 3.97. The van der Waals surface area contributed by atoms with Gasteiger partial charge in [0.1, 0.15) is 0 Å². The van der Waals surface area contributed by atoms with E-state index in [-0.39, 0.29) is 0 Å². The molecule has 1 aromatic rings. The van der Waals surface area contributed by atoms with E-state index in [2.05, 4.69) is 34.4 Å². The van der Waals surface area contributed by atoms with E-state index >= 15 is 0 Å². The van der Waals surface area contributed by atoms with Crippen LogP contribution in [0.4, 0.5) is 0 Å². The van der Waals surface area contributed by atoms with E-state index < -0.39 is 0 Å². The van der Waals surface area contributed by atoms with Crippen LogP contribution in [0.2, 0.25) is 0 Å². The molecule has 0 aliphatic heterocycles. The molecule has 4 heteroatoms. The molecule has 1 N–H and O–H groups in total. The van der Waals surface area contributed by atoms with Gasteiger partial charge in [-0.15, -0.1) is 0 Å². The van der Waals surface area contributed by atoms with Gasteiger partial charge in [0.15, 0.2) is 11.5 Å². The molecule has 3 nitrogen and oxygen atoms in total. The SMILES string of the molecule is CNC(c1cc(OC)c(OC)cc1Br)C1CCCCCC1. The smallest absolute Gasteiger partial charge is 0.161 e. The van der Waals surface area contributed by atoms with E-state index in [4.69, 9.17) is 9.47 Å². The van der Waals surface area contributed by atoms with E-state index in [0.717, 1.165) is 16.0 Å². The van der Waals surface area contributed by atoms with Crippen LogP contribution < -0.4 is 14.8 Å². The largest absolute Gasteiger partial charge is 0.493 e. The van der Waals surface area contributed by atoms with Gasteiger partial charge >= 0.3 is 0 Å². The third-order valence-corrected chi connectivity index (χ3v) is 5.21. The van der Waals surface area contributed by atoms with Gasteiger partial charge < -0.3 is 14.8 Å². The van der Waals surface area contributed by atoms with E-state index in [1.165, 1.54) is 44.1 Å². The van der Waals surface area contributed by atoms with E-state index in [1.807, 2.05) is 6.07 Å². The van der Waals surface area contributed by atoms with Crippen LogP contribution in [0.15, 0.2) is 16.6 Å². The Morgan fingerprint density at radius 2 is 1.62 bits per heavy atom. The van der Waals surface area contributed by atoms with Crippen LogP contribution in [0.3, 0.4) is 0 Å². The summed E-state index contributed by atoms with van der Waals surface area (Å²) in [6.07, 6.45) is 8.03. The molecule has 0 bridgehead atoms. The average Bonchev–Trinajstić information content (AvgIpc) is 2.78. The summed E-state index contributed by atoms with van der Waals surface area (Å²) in [6.45, 7) is 0. The molecule has 1 saturated carbocycles. The Hall–Kier alpha value is -0.740. The predicted molar refractivity (Wildman–Crippen MR) is 90.2 cm³/mol. The molecule has 1 fully saturated rings. The van der Waals surface area contributed by atoms with Gasteiger partial charge in [-0.1, -0.05) is 41.6 Å². The zero-order valence-corrected chi connectivity index (χ0v) is 14.8. The number of hydrogen-bond acceptors (Lipinski definition) is 3. The van der Waals surface area contributed by atoms with Crippen molar-refractivity contribution in [3.05, 3.63) is 22.2 Å². The van der Waals surface area contributed by atoms with Gasteiger partial charge in [0, 0.05) is 10.5 Å². The van der Waals surface area contributed by atoms with Crippen molar-refractivity contribution < 1.29 is 9.47 Å². The molecule has 0 radical (unpaired) electrons. The summed E-state index contributed by atoms with van der Waals surface area (Å²) in [5.41, 5.74) is 1.27. The highest BCUT2D eigenvalue weighted by Crippen LogP contribution is 2.41. The highest BCUT2D eigenvalue weighted by Gasteiger charge is 2.25. The van der Waals surface area contributed by atoms with Crippen molar-refractivity contribution >= 4 is 15.9 Å². The number of halogens is 1. The summed E-state index contributed by atoms with van der Waals surface area (Å²) in [7, 11) is 5.42. The average molecular weight is 356 g/mol. The first-order valence-corrected chi connectivity index (χ1v) is 8.59. The molecule has 0 heterocycles. The van der Waals surface area contributed by atoms with E-state index in [0.29, 0.717) is 12.0 Å². The number of nitrogens with one attached hydrogen (secondary N) is 1. The van der Waals surface area contributed by atoms with Crippen molar-refractivity contribution in [1.29, 1.82) is 0 Å². The molecule has 1 aromatic carbocycles. The van der Waals surface area contributed by atoms with Crippen LogP contribution in [0.5, 0.6) is 11.5 Å². The van der Waals surface area contributed by atoms with Gasteiger partial charge in [-0.05, 0) is 43.5 Å². The molecule has 118 valence electrons. The quantitative estimate of drug-likeness (QED) is 0.776.